The lowest BCUT2D eigenvalue weighted by Crippen LogP contribution is -2.19. The molecular weight excluding hydrogens is 216 g/mol. The average molecular weight is 244 g/mol. The van der Waals surface area contributed by atoms with Crippen molar-refractivity contribution in [2.75, 3.05) is 0 Å². The van der Waals surface area contributed by atoms with E-state index < -0.39 is 0 Å². The first-order valence-electron chi connectivity index (χ1n) is 7.94. The van der Waals surface area contributed by atoms with Crippen molar-refractivity contribution in [3.63, 3.8) is 0 Å². The second-order valence-electron chi connectivity index (χ2n) is 5.89. The zero-order chi connectivity index (χ0) is 12.8. The molecule has 1 aromatic carbocycles. The Labute approximate surface area is 113 Å². The van der Waals surface area contributed by atoms with Crippen LogP contribution in [0.5, 0.6) is 0 Å². The van der Waals surface area contributed by atoms with Gasteiger partial charge >= 0.3 is 0 Å². The van der Waals surface area contributed by atoms with Crippen LogP contribution in [-0.2, 0) is 6.42 Å². The molecule has 2 unspecified atom stereocenters. The molecule has 0 aliphatic heterocycles. The van der Waals surface area contributed by atoms with Gasteiger partial charge in [-0.05, 0) is 42.2 Å². The molecule has 0 amide bonds. The lowest BCUT2D eigenvalue weighted by atomic mass is 9.72. The first-order valence-corrected chi connectivity index (χ1v) is 7.94. The van der Waals surface area contributed by atoms with E-state index in [9.17, 15) is 0 Å². The van der Waals surface area contributed by atoms with Crippen LogP contribution >= 0.6 is 0 Å². The molecule has 0 heterocycles. The van der Waals surface area contributed by atoms with Crippen molar-refractivity contribution >= 4 is 0 Å². The molecule has 1 fully saturated rings. The van der Waals surface area contributed by atoms with E-state index in [1.165, 1.54) is 51.4 Å². The largest absolute Gasteiger partial charge is 0.0654 e. The number of rotatable bonds is 5. The normalized spacial score (nSPS) is 24.1. The van der Waals surface area contributed by atoms with Gasteiger partial charge in [0.25, 0.3) is 0 Å². The molecule has 1 saturated carbocycles. The van der Waals surface area contributed by atoms with E-state index in [1.54, 1.807) is 11.1 Å². The monoisotopic (exact) mass is 244 g/mol. The Hall–Kier alpha value is -0.780. The molecule has 2 atom stereocenters. The molecule has 1 aliphatic rings. The van der Waals surface area contributed by atoms with Gasteiger partial charge < -0.3 is 0 Å². The molecule has 1 aliphatic carbocycles. The van der Waals surface area contributed by atoms with E-state index in [0.29, 0.717) is 0 Å². The van der Waals surface area contributed by atoms with Crippen LogP contribution in [0.2, 0.25) is 0 Å². The molecule has 1 aromatic rings. The smallest absolute Gasteiger partial charge is 0.0131 e. The summed E-state index contributed by atoms with van der Waals surface area (Å²) in [7, 11) is 0. The Bertz CT molecular complexity index is 351. The van der Waals surface area contributed by atoms with Crippen LogP contribution in [0.15, 0.2) is 24.3 Å². The summed E-state index contributed by atoms with van der Waals surface area (Å²) in [5, 5.41) is 0. The topological polar surface area (TPSA) is 0 Å². The Morgan fingerprint density at radius 1 is 1.00 bits per heavy atom. The average Bonchev–Trinajstić information content (AvgIpc) is 2.41. The quantitative estimate of drug-likeness (QED) is 0.622. The molecule has 0 spiro atoms. The van der Waals surface area contributed by atoms with Crippen molar-refractivity contribution in [1.82, 2.24) is 0 Å². The van der Waals surface area contributed by atoms with Gasteiger partial charge in [-0.15, -0.1) is 0 Å². The minimum atomic E-state index is 0.849. The zero-order valence-electron chi connectivity index (χ0n) is 12.1. The van der Waals surface area contributed by atoms with Crippen LogP contribution in [0.25, 0.3) is 0 Å². The molecule has 18 heavy (non-hydrogen) atoms. The Balaban J connectivity index is 2.21. The zero-order valence-corrected chi connectivity index (χ0v) is 12.1. The summed E-state index contributed by atoms with van der Waals surface area (Å²) in [6.07, 6.45) is 11.1. The van der Waals surface area contributed by atoms with E-state index in [-0.39, 0.29) is 0 Å². The molecule has 100 valence electrons. The van der Waals surface area contributed by atoms with Crippen molar-refractivity contribution in [2.24, 2.45) is 5.92 Å². The van der Waals surface area contributed by atoms with E-state index in [0.717, 1.165) is 11.8 Å². The first kappa shape index (κ1) is 13.6. The van der Waals surface area contributed by atoms with Crippen LogP contribution in [0.4, 0.5) is 0 Å². The highest BCUT2D eigenvalue weighted by molar-refractivity contribution is 5.31. The number of benzene rings is 1. The predicted octanol–water partition coefficient (Wildman–Crippen LogP) is 5.71. The van der Waals surface area contributed by atoms with Crippen LogP contribution in [0.1, 0.15) is 75.8 Å². The van der Waals surface area contributed by atoms with E-state index >= 15 is 0 Å². The van der Waals surface area contributed by atoms with E-state index in [1.807, 2.05) is 0 Å². The predicted molar refractivity (Wildman–Crippen MR) is 80.0 cm³/mol. The number of hydrogen-bond acceptors (Lipinski definition) is 0. The van der Waals surface area contributed by atoms with Gasteiger partial charge in [0.1, 0.15) is 0 Å². The Morgan fingerprint density at radius 2 is 1.78 bits per heavy atom. The standard InChI is InChI=1S/C18H28/c1-3-9-15-11-5-7-13-17(15)18-14-8-6-12-16(18)10-4-2/h5,7,11,13,16,18H,3-4,6,8-10,12,14H2,1-2H3. The number of aryl methyl sites for hydroxylation is 1. The highest BCUT2D eigenvalue weighted by Crippen LogP contribution is 2.41. The molecule has 0 saturated heterocycles. The highest BCUT2D eigenvalue weighted by Gasteiger charge is 2.26. The number of hydrogen-bond donors (Lipinski definition) is 0. The maximum absolute atomic E-state index is 2.41. The molecule has 0 aromatic heterocycles. The molecule has 0 heteroatoms. The van der Waals surface area contributed by atoms with Crippen LogP contribution in [-0.4, -0.2) is 0 Å². The van der Waals surface area contributed by atoms with Gasteiger partial charge in [-0.3, -0.25) is 0 Å². The van der Waals surface area contributed by atoms with E-state index in [2.05, 4.69) is 38.1 Å². The van der Waals surface area contributed by atoms with Gasteiger partial charge in [0.05, 0.1) is 0 Å². The fraction of sp³-hybridized carbons (Fsp3) is 0.667. The maximum atomic E-state index is 2.41. The summed E-state index contributed by atoms with van der Waals surface area (Å²) >= 11 is 0. The van der Waals surface area contributed by atoms with Crippen molar-refractivity contribution in [3.05, 3.63) is 35.4 Å². The van der Waals surface area contributed by atoms with Crippen LogP contribution < -0.4 is 0 Å². The minimum absolute atomic E-state index is 0.849. The maximum Gasteiger partial charge on any atom is -0.0131 e. The highest BCUT2D eigenvalue weighted by atomic mass is 14.3. The fourth-order valence-electron chi connectivity index (χ4n) is 3.73. The van der Waals surface area contributed by atoms with Gasteiger partial charge in [-0.25, -0.2) is 0 Å². The summed E-state index contributed by atoms with van der Waals surface area (Å²) in [6, 6.07) is 9.22. The van der Waals surface area contributed by atoms with Crippen LogP contribution in [0.3, 0.4) is 0 Å². The lowest BCUT2D eigenvalue weighted by molar-refractivity contribution is 0.287. The van der Waals surface area contributed by atoms with Crippen molar-refractivity contribution in [2.45, 2.75) is 71.1 Å². The molecule has 0 bridgehead atoms. The summed E-state index contributed by atoms with van der Waals surface area (Å²) in [5.74, 6) is 1.79. The lowest BCUT2D eigenvalue weighted by Gasteiger charge is -2.33. The second-order valence-corrected chi connectivity index (χ2v) is 5.89. The molecule has 2 rings (SSSR count). The van der Waals surface area contributed by atoms with Gasteiger partial charge in [-0.2, -0.15) is 0 Å². The Morgan fingerprint density at radius 3 is 2.56 bits per heavy atom. The Kier molecular flexibility index (Phi) is 5.28. The van der Waals surface area contributed by atoms with E-state index in [4.69, 9.17) is 0 Å². The van der Waals surface area contributed by atoms with Crippen molar-refractivity contribution in [3.8, 4) is 0 Å². The third-order valence-electron chi connectivity index (χ3n) is 4.54. The summed E-state index contributed by atoms with van der Waals surface area (Å²) in [4.78, 5) is 0. The second kappa shape index (κ2) is 6.97. The van der Waals surface area contributed by atoms with Crippen molar-refractivity contribution < 1.29 is 0 Å². The molecule has 0 nitrogen and oxygen atoms in total. The third kappa shape index (κ3) is 3.16. The van der Waals surface area contributed by atoms with Gasteiger partial charge in [0, 0.05) is 0 Å². The van der Waals surface area contributed by atoms with Gasteiger partial charge in [-0.1, -0.05) is 70.2 Å². The summed E-state index contributed by atoms with van der Waals surface area (Å²) < 4.78 is 0. The molecule has 0 N–H and O–H groups in total. The third-order valence-corrected chi connectivity index (χ3v) is 4.54. The van der Waals surface area contributed by atoms with Gasteiger partial charge in [0.15, 0.2) is 0 Å². The van der Waals surface area contributed by atoms with Gasteiger partial charge in [0.2, 0.25) is 0 Å². The van der Waals surface area contributed by atoms with Crippen molar-refractivity contribution in [1.29, 1.82) is 0 Å². The molecule has 0 radical (unpaired) electrons. The minimum Gasteiger partial charge on any atom is -0.0654 e. The van der Waals surface area contributed by atoms with Crippen LogP contribution in [0, 0.1) is 5.92 Å². The SMILES string of the molecule is CCCc1ccccc1C1CCCCC1CCC. The fourth-order valence-corrected chi connectivity index (χ4v) is 3.73. The summed E-state index contributed by atoms with van der Waals surface area (Å²) in [5.41, 5.74) is 3.30. The summed E-state index contributed by atoms with van der Waals surface area (Å²) in [6.45, 7) is 4.63. The molecular formula is C18H28. The first-order chi connectivity index (χ1) is 8.86.